The summed E-state index contributed by atoms with van der Waals surface area (Å²) >= 11 is 0. The van der Waals surface area contributed by atoms with E-state index in [4.69, 9.17) is 0 Å². The third kappa shape index (κ3) is 4.45. The van der Waals surface area contributed by atoms with E-state index in [-0.39, 0.29) is 5.75 Å². The minimum Gasteiger partial charge on any atom is -0.384 e. The van der Waals surface area contributed by atoms with Gasteiger partial charge in [0.05, 0.1) is 10.6 Å². The molecule has 1 aliphatic rings. The van der Waals surface area contributed by atoms with Crippen molar-refractivity contribution in [2.75, 3.05) is 30.7 Å². The molecule has 0 radical (unpaired) electrons. The Morgan fingerprint density at radius 2 is 1.81 bits per heavy atom. The highest BCUT2D eigenvalue weighted by Crippen LogP contribution is 2.28. The van der Waals surface area contributed by atoms with Crippen LogP contribution in [0.25, 0.3) is 0 Å². The normalized spacial score (nSPS) is 18.4. The first-order valence-electron chi connectivity index (χ1n) is 7.73. The van der Waals surface area contributed by atoms with Gasteiger partial charge in [0, 0.05) is 12.2 Å². The van der Waals surface area contributed by atoms with Gasteiger partial charge in [0.25, 0.3) is 0 Å². The third-order valence-corrected chi connectivity index (χ3v) is 6.15. The zero-order valence-corrected chi connectivity index (χ0v) is 13.8. The maximum Gasteiger partial charge on any atom is 0.178 e. The molecule has 0 saturated carbocycles. The molecule has 21 heavy (non-hydrogen) atoms. The molecular weight excluding hydrogens is 284 g/mol. The van der Waals surface area contributed by atoms with Gasteiger partial charge in [0.1, 0.15) is 0 Å². The molecule has 0 spiro atoms. The summed E-state index contributed by atoms with van der Waals surface area (Å²) in [6, 6.07) is 7.15. The number of hydrogen-bond donors (Lipinski definition) is 2. The van der Waals surface area contributed by atoms with Crippen LogP contribution in [0.1, 0.15) is 33.1 Å². The number of hydrogen-bond acceptors (Lipinski definition) is 4. The van der Waals surface area contributed by atoms with Gasteiger partial charge in [-0.3, -0.25) is 0 Å². The molecule has 118 valence electrons. The number of anilines is 1. The van der Waals surface area contributed by atoms with Gasteiger partial charge < -0.3 is 10.6 Å². The van der Waals surface area contributed by atoms with Gasteiger partial charge in [-0.1, -0.05) is 13.8 Å². The molecule has 1 fully saturated rings. The Kier molecular flexibility index (Phi) is 5.27. The van der Waals surface area contributed by atoms with Crippen LogP contribution in [0.5, 0.6) is 0 Å². The lowest BCUT2D eigenvalue weighted by Gasteiger charge is -2.34. The second kappa shape index (κ2) is 6.79. The molecule has 1 heterocycles. The Hall–Kier alpha value is -1.07. The van der Waals surface area contributed by atoms with Crippen molar-refractivity contribution in [1.82, 2.24) is 5.32 Å². The second-order valence-corrected chi connectivity index (χ2v) is 8.37. The first-order chi connectivity index (χ1) is 9.95. The smallest absolute Gasteiger partial charge is 0.178 e. The molecule has 1 aromatic rings. The highest BCUT2D eigenvalue weighted by molar-refractivity contribution is 7.91. The van der Waals surface area contributed by atoms with Crippen LogP contribution in [0.4, 0.5) is 5.69 Å². The lowest BCUT2D eigenvalue weighted by atomic mass is 9.81. The quantitative estimate of drug-likeness (QED) is 0.848. The zero-order chi connectivity index (χ0) is 15.3. The van der Waals surface area contributed by atoms with Crippen LogP contribution < -0.4 is 10.6 Å². The summed E-state index contributed by atoms with van der Waals surface area (Å²) in [5.41, 5.74) is 1.31. The third-order valence-electron chi connectivity index (χ3n) is 4.22. The fraction of sp³-hybridized carbons (Fsp3) is 0.625. The van der Waals surface area contributed by atoms with E-state index in [2.05, 4.69) is 17.6 Å². The summed E-state index contributed by atoms with van der Waals surface area (Å²) in [4.78, 5) is 0.419. The van der Waals surface area contributed by atoms with E-state index in [9.17, 15) is 8.42 Å². The maximum atomic E-state index is 12.0. The highest BCUT2D eigenvalue weighted by Gasteiger charge is 2.26. The minimum atomic E-state index is -3.11. The Balaban J connectivity index is 1.96. The molecule has 5 heteroatoms. The van der Waals surface area contributed by atoms with Crippen molar-refractivity contribution in [1.29, 1.82) is 0 Å². The predicted molar refractivity (Wildman–Crippen MR) is 87.5 cm³/mol. The Labute approximate surface area is 128 Å². The van der Waals surface area contributed by atoms with Crippen molar-refractivity contribution in [3.8, 4) is 0 Å². The number of nitrogens with one attached hydrogen (secondary N) is 2. The fourth-order valence-electron chi connectivity index (χ4n) is 2.69. The minimum absolute atomic E-state index is 0.213. The van der Waals surface area contributed by atoms with Gasteiger partial charge in [0.15, 0.2) is 9.84 Å². The van der Waals surface area contributed by atoms with E-state index >= 15 is 0 Å². The molecule has 0 bridgehead atoms. The van der Waals surface area contributed by atoms with Gasteiger partial charge in [-0.25, -0.2) is 8.42 Å². The molecule has 1 aliphatic heterocycles. The molecule has 0 aromatic heterocycles. The first-order valence-corrected chi connectivity index (χ1v) is 9.38. The van der Waals surface area contributed by atoms with Gasteiger partial charge in [0.2, 0.25) is 0 Å². The zero-order valence-electron chi connectivity index (χ0n) is 13.0. The topological polar surface area (TPSA) is 58.2 Å². The Morgan fingerprint density at radius 3 is 2.38 bits per heavy atom. The van der Waals surface area contributed by atoms with Gasteiger partial charge in [-0.15, -0.1) is 0 Å². The molecule has 1 aromatic carbocycles. The number of rotatable bonds is 6. The van der Waals surface area contributed by atoms with Crippen molar-refractivity contribution in [2.45, 2.75) is 38.0 Å². The van der Waals surface area contributed by atoms with Crippen LogP contribution in [0.15, 0.2) is 29.2 Å². The lowest BCUT2D eigenvalue weighted by molar-refractivity contribution is 0.247. The van der Waals surface area contributed by atoms with Gasteiger partial charge in [-0.05, 0) is 62.0 Å². The van der Waals surface area contributed by atoms with E-state index in [0.717, 1.165) is 25.3 Å². The molecule has 1 saturated heterocycles. The number of sulfone groups is 1. The highest BCUT2D eigenvalue weighted by atomic mass is 32.2. The molecule has 0 aliphatic carbocycles. The van der Waals surface area contributed by atoms with E-state index in [1.54, 1.807) is 12.1 Å². The molecule has 0 unspecified atom stereocenters. The predicted octanol–water partition coefficient (Wildman–Crippen LogP) is 2.67. The van der Waals surface area contributed by atoms with Crippen molar-refractivity contribution in [2.24, 2.45) is 5.41 Å². The van der Waals surface area contributed by atoms with Crippen LogP contribution in [0, 0.1) is 5.41 Å². The summed E-state index contributed by atoms with van der Waals surface area (Å²) < 4.78 is 23.9. The summed E-state index contributed by atoms with van der Waals surface area (Å²) in [7, 11) is -3.11. The lowest BCUT2D eigenvalue weighted by Crippen LogP contribution is -2.39. The van der Waals surface area contributed by atoms with E-state index < -0.39 is 9.84 Å². The number of piperidine rings is 1. The fourth-order valence-corrected chi connectivity index (χ4v) is 4.01. The maximum absolute atomic E-state index is 12.0. The standard InChI is InChI=1S/C16H26N2O2S/c1-3-12-21(19,20)15-6-4-14(5-7-15)18-13-16(2)8-10-17-11-9-16/h4-7,17-18H,3,8-13H2,1-2H3. The Bertz CT molecular complexity index is 546. The Morgan fingerprint density at radius 1 is 1.19 bits per heavy atom. The van der Waals surface area contributed by atoms with Gasteiger partial charge >= 0.3 is 0 Å². The van der Waals surface area contributed by atoms with Crippen molar-refractivity contribution in [3.63, 3.8) is 0 Å². The average molecular weight is 310 g/mol. The molecule has 0 atom stereocenters. The van der Waals surface area contributed by atoms with Crippen LogP contribution in [-0.2, 0) is 9.84 Å². The van der Waals surface area contributed by atoms with Crippen LogP contribution in [0.2, 0.25) is 0 Å². The molecule has 4 nitrogen and oxygen atoms in total. The van der Waals surface area contributed by atoms with E-state index in [1.807, 2.05) is 19.1 Å². The van der Waals surface area contributed by atoms with Crippen LogP contribution in [0.3, 0.4) is 0 Å². The monoisotopic (exact) mass is 310 g/mol. The van der Waals surface area contributed by atoms with E-state index in [1.165, 1.54) is 12.8 Å². The molecular formula is C16H26N2O2S. The summed E-state index contributed by atoms with van der Waals surface area (Å²) in [5.74, 6) is 0.213. The van der Waals surface area contributed by atoms with Crippen molar-refractivity contribution < 1.29 is 8.42 Å². The van der Waals surface area contributed by atoms with Crippen molar-refractivity contribution >= 4 is 15.5 Å². The van der Waals surface area contributed by atoms with E-state index in [0.29, 0.717) is 16.7 Å². The SMILES string of the molecule is CCCS(=O)(=O)c1ccc(NCC2(C)CCNCC2)cc1. The van der Waals surface area contributed by atoms with Crippen molar-refractivity contribution in [3.05, 3.63) is 24.3 Å². The molecule has 2 N–H and O–H groups in total. The molecule has 2 rings (SSSR count). The summed E-state index contributed by atoms with van der Waals surface area (Å²) in [6.07, 6.45) is 2.99. The average Bonchev–Trinajstić information content (AvgIpc) is 2.46. The summed E-state index contributed by atoms with van der Waals surface area (Å²) in [5, 5.41) is 6.82. The summed E-state index contributed by atoms with van der Waals surface area (Å²) in [6.45, 7) is 7.27. The van der Waals surface area contributed by atoms with Crippen LogP contribution >= 0.6 is 0 Å². The largest absolute Gasteiger partial charge is 0.384 e. The van der Waals surface area contributed by atoms with Gasteiger partial charge in [-0.2, -0.15) is 0 Å². The number of benzene rings is 1. The molecule has 0 amide bonds. The second-order valence-electron chi connectivity index (χ2n) is 6.26. The first kappa shape index (κ1) is 16.3. The van der Waals surface area contributed by atoms with Crippen LogP contribution in [-0.4, -0.2) is 33.8 Å².